The zero-order valence-electron chi connectivity index (χ0n) is 22.0. The molecule has 1 aromatic heterocycles. The second kappa shape index (κ2) is 10.0. The number of amides is 1. The molecule has 1 saturated heterocycles. The van der Waals surface area contributed by atoms with Crippen molar-refractivity contribution >= 4 is 11.7 Å². The van der Waals surface area contributed by atoms with Gasteiger partial charge in [0.05, 0.1) is 18.8 Å². The van der Waals surface area contributed by atoms with Crippen LogP contribution in [0.1, 0.15) is 67.7 Å². The number of fused-ring (bicyclic) bond motifs is 1. The molecule has 2 aromatic rings. The fourth-order valence-electron chi connectivity index (χ4n) is 8.75. The number of carbonyl (C=O) groups is 1. The standard InChI is InChI=1S/C31H41N5O/c37-30(19-35-9-6-24(7-10-35)23-4-2-1-3-5-23)36-11-8-27-29(18-36)33-20-34-31(27)32-17-28-25-13-21-12-22(15-25)16-26(28)14-21/h1-5,20-22,24-26,28H,6-19H2,(H,32,33,34). The normalized spacial score (nSPS) is 31.4. The van der Waals surface area contributed by atoms with Crippen LogP contribution in [0, 0.1) is 29.6 Å². The molecule has 0 spiro atoms. The Morgan fingerprint density at radius 1 is 0.919 bits per heavy atom. The third kappa shape index (κ3) is 4.78. The molecule has 4 bridgehead atoms. The third-order valence-electron chi connectivity index (χ3n) is 10.5. The Labute approximate surface area is 221 Å². The molecule has 1 amide bonds. The van der Waals surface area contributed by atoms with E-state index in [-0.39, 0.29) is 5.91 Å². The molecular formula is C31H41N5O. The number of benzene rings is 1. The first-order valence-corrected chi connectivity index (χ1v) is 14.8. The first-order valence-electron chi connectivity index (χ1n) is 14.8. The van der Waals surface area contributed by atoms with Gasteiger partial charge >= 0.3 is 0 Å². The molecule has 37 heavy (non-hydrogen) atoms. The Balaban J connectivity index is 0.932. The highest BCUT2D eigenvalue weighted by Gasteiger charge is 2.47. The Hall–Kier alpha value is -2.47. The summed E-state index contributed by atoms with van der Waals surface area (Å²) >= 11 is 0. The lowest BCUT2D eigenvalue weighted by molar-refractivity contribution is -0.133. The van der Waals surface area contributed by atoms with Crippen molar-refractivity contribution in [1.29, 1.82) is 0 Å². The zero-order valence-corrected chi connectivity index (χ0v) is 22.0. The summed E-state index contributed by atoms with van der Waals surface area (Å²) in [7, 11) is 0. The fourth-order valence-corrected chi connectivity index (χ4v) is 8.75. The lowest BCUT2D eigenvalue weighted by Crippen LogP contribution is -2.47. The lowest BCUT2D eigenvalue weighted by atomic mass is 9.52. The average molecular weight is 500 g/mol. The predicted octanol–water partition coefficient (Wildman–Crippen LogP) is 4.73. The summed E-state index contributed by atoms with van der Waals surface area (Å²) in [6.07, 6.45) is 12.2. The summed E-state index contributed by atoms with van der Waals surface area (Å²) in [5.74, 6) is 6.58. The van der Waals surface area contributed by atoms with E-state index in [1.165, 1.54) is 43.2 Å². The van der Waals surface area contributed by atoms with Crippen molar-refractivity contribution in [3.05, 3.63) is 53.5 Å². The Morgan fingerprint density at radius 3 is 2.38 bits per heavy atom. The zero-order chi connectivity index (χ0) is 24.8. The molecule has 3 heterocycles. The van der Waals surface area contributed by atoms with E-state index in [4.69, 9.17) is 0 Å². The fraction of sp³-hybridized carbons (Fsp3) is 0.645. The van der Waals surface area contributed by atoms with Crippen molar-refractivity contribution in [2.45, 2.75) is 63.8 Å². The van der Waals surface area contributed by atoms with Crippen LogP contribution in [0.5, 0.6) is 0 Å². The van der Waals surface area contributed by atoms with Crippen molar-refractivity contribution in [3.63, 3.8) is 0 Å². The summed E-state index contributed by atoms with van der Waals surface area (Å²) in [5, 5.41) is 3.77. The van der Waals surface area contributed by atoms with Crippen molar-refractivity contribution in [2.24, 2.45) is 29.6 Å². The molecule has 4 aliphatic carbocycles. The minimum absolute atomic E-state index is 0.241. The van der Waals surface area contributed by atoms with Crippen LogP contribution in [0.15, 0.2) is 36.7 Å². The van der Waals surface area contributed by atoms with Crippen LogP contribution in [-0.4, -0.2) is 58.4 Å². The van der Waals surface area contributed by atoms with Gasteiger partial charge in [-0.15, -0.1) is 0 Å². The highest BCUT2D eigenvalue weighted by atomic mass is 16.2. The lowest BCUT2D eigenvalue weighted by Gasteiger charge is -2.54. The second-order valence-electron chi connectivity index (χ2n) is 12.6. The molecule has 196 valence electrons. The molecule has 6 aliphatic rings. The van der Waals surface area contributed by atoms with Crippen LogP contribution in [0.25, 0.3) is 0 Å². The number of carbonyl (C=O) groups excluding carboxylic acids is 1. The number of rotatable bonds is 6. The molecule has 6 heteroatoms. The maximum atomic E-state index is 13.2. The molecule has 5 fully saturated rings. The molecule has 0 unspecified atom stereocenters. The van der Waals surface area contributed by atoms with Crippen molar-refractivity contribution in [1.82, 2.24) is 19.8 Å². The Bertz CT molecular complexity index is 1080. The number of hydrogen-bond acceptors (Lipinski definition) is 5. The van der Waals surface area contributed by atoms with Crippen molar-refractivity contribution in [3.8, 4) is 0 Å². The quantitative estimate of drug-likeness (QED) is 0.623. The number of anilines is 1. The van der Waals surface area contributed by atoms with Crippen LogP contribution < -0.4 is 5.32 Å². The van der Waals surface area contributed by atoms with Crippen LogP contribution in [0.3, 0.4) is 0 Å². The number of piperidine rings is 1. The Kier molecular flexibility index (Phi) is 6.39. The summed E-state index contributed by atoms with van der Waals surface area (Å²) in [5.41, 5.74) is 3.71. The first kappa shape index (κ1) is 23.6. The summed E-state index contributed by atoms with van der Waals surface area (Å²) in [6, 6.07) is 10.8. The van der Waals surface area contributed by atoms with E-state index in [1.54, 1.807) is 6.33 Å². The third-order valence-corrected chi connectivity index (χ3v) is 10.5. The molecule has 4 saturated carbocycles. The van der Waals surface area contributed by atoms with Gasteiger partial charge in [-0.2, -0.15) is 0 Å². The molecule has 2 aliphatic heterocycles. The van der Waals surface area contributed by atoms with Gasteiger partial charge in [0.25, 0.3) is 0 Å². The van der Waals surface area contributed by atoms with E-state index < -0.39 is 0 Å². The number of aromatic nitrogens is 2. The van der Waals surface area contributed by atoms with E-state index >= 15 is 0 Å². The average Bonchev–Trinajstić information content (AvgIpc) is 2.93. The topological polar surface area (TPSA) is 61.4 Å². The molecule has 1 aromatic carbocycles. The number of nitrogens with zero attached hydrogens (tertiary/aromatic N) is 4. The van der Waals surface area contributed by atoms with Gasteiger partial charge in [0.2, 0.25) is 5.91 Å². The van der Waals surface area contributed by atoms with E-state index in [0.29, 0.717) is 19.0 Å². The van der Waals surface area contributed by atoms with E-state index in [2.05, 4.69) is 50.5 Å². The van der Waals surface area contributed by atoms with Gasteiger partial charge in [0, 0.05) is 18.7 Å². The van der Waals surface area contributed by atoms with Gasteiger partial charge in [-0.05, 0) is 106 Å². The maximum absolute atomic E-state index is 13.2. The molecular weight excluding hydrogens is 458 g/mol. The van der Waals surface area contributed by atoms with Crippen LogP contribution in [0.2, 0.25) is 0 Å². The molecule has 6 nitrogen and oxygen atoms in total. The van der Waals surface area contributed by atoms with Gasteiger partial charge in [0.1, 0.15) is 12.1 Å². The number of likely N-dealkylation sites (tertiary alicyclic amines) is 1. The highest BCUT2D eigenvalue weighted by Crippen LogP contribution is 2.56. The van der Waals surface area contributed by atoms with Crippen LogP contribution in [0.4, 0.5) is 5.82 Å². The summed E-state index contributed by atoms with van der Waals surface area (Å²) in [4.78, 5) is 26.8. The second-order valence-corrected chi connectivity index (χ2v) is 12.6. The molecule has 1 N–H and O–H groups in total. The smallest absolute Gasteiger partial charge is 0.237 e. The monoisotopic (exact) mass is 499 g/mol. The molecule has 8 rings (SSSR count). The summed E-state index contributed by atoms with van der Waals surface area (Å²) in [6.45, 7) is 4.96. The van der Waals surface area contributed by atoms with Gasteiger partial charge < -0.3 is 10.2 Å². The van der Waals surface area contributed by atoms with Crippen LogP contribution in [-0.2, 0) is 17.8 Å². The van der Waals surface area contributed by atoms with E-state index in [1.807, 2.05) is 4.90 Å². The molecule has 0 radical (unpaired) electrons. The minimum atomic E-state index is 0.241. The van der Waals surface area contributed by atoms with Gasteiger partial charge in [0.15, 0.2) is 0 Å². The van der Waals surface area contributed by atoms with Crippen molar-refractivity contribution in [2.75, 3.05) is 38.0 Å². The van der Waals surface area contributed by atoms with Crippen molar-refractivity contribution < 1.29 is 4.79 Å². The van der Waals surface area contributed by atoms with Gasteiger partial charge in [-0.3, -0.25) is 9.69 Å². The van der Waals surface area contributed by atoms with Crippen LogP contribution >= 0.6 is 0 Å². The predicted molar refractivity (Wildman–Crippen MR) is 145 cm³/mol. The minimum Gasteiger partial charge on any atom is -0.369 e. The van der Waals surface area contributed by atoms with Gasteiger partial charge in [-0.25, -0.2) is 9.97 Å². The molecule has 0 atom stereocenters. The Morgan fingerprint density at radius 2 is 1.65 bits per heavy atom. The first-order chi connectivity index (χ1) is 18.2. The highest BCUT2D eigenvalue weighted by molar-refractivity contribution is 5.78. The van der Waals surface area contributed by atoms with E-state index in [0.717, 1.165) is 86.5 Å². The SMILES string of the molecule is O=C(CN1CCC(c2ccccc2)CC1)N1CCc2c(ncnc2NCC2C3CC4CC(C3)CC2C4)C1. The summed E-state index contributed by atoms with van der Waals surface area (Å²) < 4.78 is 0. The van der Waals surface area contributed by atoms with E-state index in [9.17, 15) is 4.79 Å². The number of hydrogen-bond donors (Lipinski definition) is 1. The van der Waals surface area contributed by atoms with Gasteiger partial charge in [-0.1, -0.05) is 30.3 Å². The maximum Gasteiger partial charge on any atom is 0.237 e. The largest absolute Gasteiger partial charge is 0.369 e. The number of nitrogens with one attached hydrogen (secondary N) is 1.